The van der Waals surface area contributed by atoms with Gasteiger partial charge in [-0.2, -0.15) is 0 Å². The number of benzene rings is 1. The second-order valence-corrected chi connectivity index (χ2v) is 4.44. The third kappa shape index (κ3) is 6.37. The van der Waals surface area contributed by atoms with Gasteiger partial charge in [-0.15, -0.1) is 13.2 Å². The average molecular weight is 304 g/mol. The number of amides is 2. The first kappa shape index (κ1) is 17.1. The third-order valence-corrected chi connectivity index (χ3v) is 2.79. The first-order valence-corrected chi connectivity index (χ1v) is 6.77. The van der Waals surface area contributed by atoms with Crippen LogP contribution in [-0.2, 0) is 0 Å². The molecule has 0 atom stereocenters. The molecule has 0 unspecified atom stereocenters. The molecule has 0 aliphatic heterocycles. The Morgan fingerprint density at radius 3 is 2.33 bits per heavy atom. The topological polar surface area (TPSA) is 41.6 Å². The summed E-state index contributed by atoms with van der Waals surface area (Å²) in [4.78, 5) is 13.6. The van der Waals surface area contributed by atoms with Gasteiger partial charge in [0.1, 0.15) is 5.75 Å². The van der Waals surface area contributed by atoms with E-state index >= 15 is 0 Å². The first-order chi connectivity index (χ1) is 9.85. The van der Waals surface area contributed by atoms with E-state index in [0.29, 0.717) is 18.8 Å². The molecule has 0 bridgehead atoms. The summed E-state index contributed by atoms with van der Waals surface area (Å²) in [7, 11) is 0. The Labute approximate surface area is 121 Å². The van der Waals surface area contributed by atoms with Crippen molar-refractivity contribution in [1.82, 2.24) is 4.90 Å². The number of urea groups is 1. The Kier molecular flexibility index (Phi) is 6.33. The number of alkyl halides is 3. The molecule has 4 nitrogen and oxygen atoms in total. The number of nitrogens with zero attached hydrogens (tertiary/aromatic N) is 1. The van der Waals surface area contributed by atoms with Crippen molar-refractivity contribution in [3.05, 3.63) is 24.3 Å². The molecule has 0 aliphatic rings. The molecule has 1 aromatic rings. The van der Waals surface area contributed by atoms with Crippen LogP contribution in [0.25, 0.3) is 0 Å². The Balaban J connectivity index is 2.60. The van der Waals surface area contributed by atoms with E-state index in [4.69, 9.17) is 0 Å². The maximum Gasteiger partial charge on any atom is 0.573 e. The fourth-order valence-corrected chi connectivity index (χ4v) is 1.69. The number of carbonyl (C=O) groups excluding carboxylic acids is 1. The molecule has 0 radical (unpaired) electrons. The van der Waals surface area contributed by atoms with Crippen LogP contribution in [0.2, 0.25) is 0 Å². The summed E-state index contributed by atoms with van der Waals surface area (Å²) < 4.78 is 39.8. The average Bonchev–Trinajstić information content (AvgIpc) is 2.40. The Morgan fingerprint density at radius 2 is 1.86 bits per heavy atom. The van der Waals surface area contributed by atoms with Crippen molar-refractivity contribution in [1.29, 1.82) is 0 Å². The van der Waals surface area contributed by atoms with Gasteiger partial charge in [0.05, 0.1) is 0 Å². The number of anilines is 1. The lowest BCUT2D eigenvalue weighted by molar-refractivity contribution is -0.274. The number of hydrogen-bond acceptors (Lipinski definition) is 2. The lowest BCUT2D eigenvalue weighted by Gasteiger charge is -2.21. The normalized spacial score (nSPS) is 11.1. The van der Waals surface area contributed by atoms with Crippen molar-refractivity contribution in [2.24, 2.45) is 0 Å². The minimum absolute atomic E-state index is 0.268. The van der Waals surface area contributed by atoms with Gasteiger partial charge >= 0.3 is 12.4 Å². The smallest absolute Gasteiger partial charge is 0.406 e. The lowest BCUT2D eigenvalue weighted by Crippen LogP contribution is -2.35. The Morgan fingerprint density at radius 1 is 1.24 bits per heavy atom. The molecule has 118 valence electrons. The number of hydrogen-bond donors (Lipinski definition) is 1. The summed E-state index contributed by atoms with van der Waals surface area (Å²) >= 11 is 0. The highest BCUT2D eigenvalue weighted by molar-refractivity contribution is 5.89. The highest BCUT2D eigenvalue weighted by Gasteiger charge is 2.30. The van der Waals surface area contributed by atoms with Crippen molar-refractivity contribution < 1.29 is 22.7 Å². The predicted octanol–water partition coefficient (Wildman–Crippen LogP) is 4.24. The van der Waals surface area contributed by atoms with E-state index < -0.39 is 6.36 Å². The summed E-state index contributed by atoms with van der Waals surface area (Å²) in [6.07, 6.45) is -2.84. The van der Waals surface area contributed by atoms with Crippen LogP contribution in [-0.4, -0.2) is 30.4 Å². The van der Waals surface area contributed by atoms with Gasteiger partial charge < -0.3 is 15.0 Å². The van der Waals surface area contributed by atoms with Crippen LogP contribution in [0.5, 0.6) is 5.75 Å². The second kappa shape index (κ2) is 7.75. The second-order valence-electron chi connectivity index (χ2n) is 4.44. The van der Waals surface area contributed by atoms with Crippen molar-refractivity contribution in [2.75, 3.05) is 18.4 Å². The number of carbonyl (C=O) groups is 1. The summed E-state index contributed by atoms with van der Waals surface area (Å²) in [6.45, 7) is 5.12. The molecular formula is C14H19F3N2O2. The fraction of sp³-hybridized carbons (Fsp3) is 0.500. The van der Waals surface area contributed by atoms with Gasteiger partial charge in [0.15, 0.2) is 0 Å². The Hall–Kier alpha value is -1.92. The largest absolute Gasteiger partial charge is 0.573 e. The van der Waals surface area contributed by atoms with Crippen LogP contribution >= 0.6 is 0 Å². The maximum absolute atomic E-state index is 12.0. The number of nitrogens with one attached hydrogen (secondary N) is 1. The van der Waals surface area contributed by atoms with E-state index in [9.17, 15) is 18.0 Å². The highest BCUT2D eigenvalue weighted by Crippen LogP contribution is 2.24. The third-order valence-electron chi connectivity index (χ3n) is 2.79. The maximum atomic E-state index is 12.0. The minimum Gasteiger partial charge on any atom is -0.406 e. The van der Waals surface area contributed by atoms with Crippen molar-refractivity contribution in [2.45, 2.75) is 33.1 Å². The van der Waals surface area contributed by atoms with E-state index in [1.54, 1.807) is 4.90 Å². The molecule has 1 aromatic carbocycles. The molecule has 0 saturated carbocycles. The van der Waals surface area contributed by atoms with Gasteiger partial charge in [-0.1, -0.05) is 13.3 Å². The van der Waals surface area contributed by atoms with E-state index in [1.165, 1.54) is 12.1 Å². The zero-order valence-corrected chi connectivity index (χ0v) is 12.0. The number of rotatable bonds is 6. The summed E-state index contributed by atoms with van der Waals surface area (Å²) in [6, 6.07) is 4.78. The fourth-order valence-electron chi connectivity index (χ4n) is 1.69. The van der Waals surface area contributed by atoms with E-state index in [2.05, 4.69) is 10.1 Å². The SMILES string of the molecule is CCCCN(CC)C(=O)Nc1ccc(OC(F)(F)F)cc1. The molecule has 0 saturated heterocycles. The molecule has 0 fully saturated rings. The van der Waals surface area contributed by atoms with Crippen LogP contribution in [0.1, 0.15) is 26.7 Å². The predicted molar refractivity (Wildman–Crippen MR) is 74.3 cm³/mol. The quantitative estimate of drug-likeness (QED) is 0.854. The zero-order valence-electron chi connectivity index (χ0n) is 12.0. The lowest BCUT2D eigenvalue weighted by atomic mass is 10.3. The molecule has 1 N–H and O–H groups in total. The molecule has 0 spiro atoms. The van der Waals surface area contributed by atoms with Crippen LogP contribution in [0.4, 0.5) is 23.7 Å². The first-order valence-electron chi connectivity index (χ1n) is 6.77. The summed E-state index contributed by atoms with van der Waals surface area (Å²) in [5, 5.41) is 2.64. The van der Waals surface area contributed by atoms with Crippen molar-refractivity contribution in [3.63, 3.8) is 0 Å². The van der Waals surface area contributed by atoms with Crippen LogP contribution in [0.3, 0.4) is 0 Å². The standard InChI is InChI=1S/C14H19F3N2O2/c1-3-5-10-19(4-2)13(20)18-11-6-8-12(9-7-11)21-14(15,16)17/h6-9H,3-5,10H2,1-2H3,(H,18,20). The van der Waals surface area contributed by atoms with Crippen molar-refractivity contribution >= 4 is 11.7 Å². The van der Waals surface area contributed by atoms with E-state index in [0.717, 1.165) is 25.0 Å². The van der Waals surface area contributed by atoms with Crippen LogP contribution < -0.4 is 10.1 Å². The summed E-state index contributed by atoms with van der Waals surface area (Å²) in [5.41, 5.74) is 0.421. The van der Waals surface area contributed by atoms with E-state index in [-0.39, 0.29) is 11.8 Å². The van der Waals surface area contributed by atoms with Crippen LogP contribution in [0, 0.1) is 0 Å². The molecule has 2 amide bonds. The number of unbranched alkanes of at least 4 members (excludes halogenated alkanes) is 1. The Bertz CT molecular complexity index is 447. The van der Waals surface area contributed by atoms with Gasteiger partial charge in [-0.3, -0.25) is 0 Å². The van der Waals surface area contributed by atoms with Gasteiger partial charge in [0.2, 0.25) is 0 Å². The van der Waals surface area contributed by atoms with Gasteiger partial charge in [-0.25, -0.2) is 4.79 Å². The molecule has 21 heavy (non-hydrogen) atoms. The highest BCUT2D eigenvalue weighted by atomic mass is 19.4. The molecular weight excluding hydrogens is 285 g/mol. The number of ether oxygens (including phenoxy) is 1. The molecule has 0 heterocycles. The minimum atomic E-state index is -4.72. The molecule has 7 heteroatoms. The monoisotopic (exact) mass is 304 g/mol. The van der Waals surface area contributed by atoms with Gasteiger partial charge in [0.25, 0.3) is 0 Å². The summed E-state index contributed by atoms with van der Waals surface area (Å²) in [5.74, 6) is -0.321. The number of halogens is 3. The molecule has 0 aromatic heterocycles. The van der Waals surface area contributed by atoms with E-state index in [1.807, 2.05) is 13.8 Å². The molecule has 0 aliphatic carbocycles. The van der Waals surface area contributed by atoms with Crippen LogP contribution in [0.15, 0.2) is 24.3 Å². The van der Waals surface area contributed by atoms with Gasteiger partial charge in [-0.05, 0) is 37.6 Å². The van der Waals surface area contributed by atoms with Gasteiger partial charge in [0, 0.05) is 18.8 Å². The van der Waals surface area contributed by atoms with Crippen molar-refractivity contribution in [3.8, 4) is 5.75 Å². The molecule has 1 rings (SSSR count). The zero-order chi connectivity index (χ0) is 15.9.